The van der Waals surface area contributed by atoms with E-state index in [0.717, 1.165) is 5.56 Å². The highest BCUT2D eigenvalue weighted by Gasteiger charge is 2.17. The molecule has 0 fully saturated rings. The predicted molar refractivity (Wildman–Crippen MR) is 91.0 cm³/mol. The Morgan fingerprint density at radius 3 is 2.80 bits per heavy atom. The van der Waals surface area contributed by atoms with E-state index in [1.54, 1.807) is 10.9 Å². The molecule has 7 nitrogen and oxygen atoms in total. The Hall–Kier alpha value is -2.92. The van der Waals surface area contributed by atoms with Crippen LogP contribution in [0.5, 0.6) is 0 Å². The zero-order valence-electron chi connectivity index (χ0n) is 14.5. The fourth-order valence-electron chi connectivity index (χ4n) is 2.42. The second-order valence-electron chi connectivity index (χ2n) is 5.91. The Kier molecular flexibility index (Phi) is 6.08. The molecule has 0 radical (unpaired) electrons. The number of nitrogens with one attached hydrogen (secondary N) is 2. The molecule has 8 heteroatoms. The fraction of sp³-hybridized carbons (Fsp3) is 0.353. The number of carbonyl (C=O) groups excluding carboxylic acids is 1. The number of aryl methyl sites for hydroxylation is 1. The number of likely N-dealkylation sites (N-methyl/N-ethyl adjacent to an activating group) is 1. The number of hydrogen-bond acceptors (Lipinski definition) is 4. The van der Waals surface area contributed by atoms with Crippen LogP contribution in [0, 0.1) is 17.1 Å². The van der Waals surface area contributed by atoms with Crippen LogP contribution in [0.4, 0.5) is 9.18 Å². The number of nitriles is 1. The van der Waals surface area contributed by atoms with E-state index in [9.17, 15) is 9.18 Å². The van der Waals surface area contributed by atoms with Crippen LogP contribution in [0.2, 0.25) is 0 Å². The topological polar surface area (TPSA) is 86.0 Å². The molecule has 1 atom stereocenters. The summed E-state index contributed by atoms with van der Waals surface area (Å²) in [6, 6.07) is 5.55. The molecule has 2 amide bonds. The van der Waals surface area contributed by atoms with Crippen molar-refractivity contribution < 1.29 is 9.18 Å². The first kappa shape index (κ1) is 18.4. The lowest BCUT2D eigenvalue weighted by Crippen LogP contribution is -2.40. The van der Waals surface area contributed by atoms with E-state index < -0.39 is 11.8 Å². The second-order valence-corrected chi connectivity index (χ2v) is 5.91. The maximum absolute atomic E-state index is 13.7. The largest absolute Gasteiger partial charge is 0.336 e. The third-order valence-corrected chi connectivity index (χ3v) is 3.80. The van der Waals surface area contributed by atoms with Crippen LogP contribution in [-0.2, 0) is 13.6 Å². The van der Waals surface area contributed by atoms with Crippen molar-refractivity contribution in [2.75, 3.05) is 20.6 Å². The zero-order valence-corrected chi connectivity index (χ0v) is 14.5. The molecule has 0 aliphatic carbocycles. The molecular formula is C17H21FN6O. The molecule has 0 unspecified atom stereocenters. The summed E-state index contributed by atoms with van der Waals surface area (Å²) >= 11 is 0. The molecule has 2 N–H and O–H groups in total. The van der Waals surface area contributed by atoms with E-state index in [4.69, 9.17) is 5.26 Å². The Balaban J connectivity index is 1.90. The number of nitrogens with zero attached hydrogens (tertiary/aromatic N) is 4. The summed E-state index contributed by atoms with van der Waals surface area (Å²) < 4.78 is 15.4. The molecule has 1 aromatic carbocycles. The first-order chi connectivity index (χ1) is 11.9. The van der Waals surface area contributed by atoms with E-state index in [0.29, 0.717) is 12.1 Å². The van der Waals surface area contributed by atoms with Gasteiger partial charge in [0.1, 0.15) is 5.82 Å². The normalized spacial score (nSPS) is 11.8. The summed E-state index contributed by atoms with van der Waals surface area (Å²) in [6.07, 6.45) is 3.65. The van der Waals surface area contributed by atoms with Gasteiger partial charge in [-0.15, -0.1) is 0 Å². The summed E-state index contributed by atoms with van der Waals surface area (Å²) in [4.78, 5) is 14.0. The number of urea groups is 1. The summed E-state index contributed by atoms with van der Waals surface area (Å²) in [5, 5.41) is 18.4. The number of halogens is 1. The molecule has 0 aliphatic rings. The van der Waals surface area contributed by atoms with E-state index in [1.807, 2.05) is 38.3 Å². The molecule has 2 rings (SSSR count). The highest BCUT2D eigenvalue weighted by atomic mass is 19.1. The third-order valence-electron chi connectivity index (χ3n) is 3.80. The van der Waals surface area contributed by atoms with Crippen LogP contribution in [0.25, 0.3) is 0 Å². The number of hydrogen-bond donors (Lipinski definition) is 2. The fourth-order valence-corrected chi connectivity index (χ4v) is 2.42. The van der Waals surface area contributed by atoms with Gasteiger partial charge in [0.25, 0.3) is 0 Å². The van der Waals surface area contributed by atoms with Gasteiger partial charge in [-0.3, -0.25) is 4.68 Å². The molecule has 25 heavy (non-hydrogen) atoms. The Labute approximate surface area is 146 Å². The van der Waals surface area contributed by atoms with Gasteiger partial charge < -0.3 is 15.5 Å². The number of carbonyl (C=O) groups is 1. The summed E-state index contributed by atoms with van der Waals surface area (Å²) in [6.45, 7) is 0.387. The summed E-state index contributed by atoms with van der Waals surface area (Å²) in [5.41, 5.74) is 1.61. The highest BCUT2D eigenvalue weighted by molar-refractivity contribution is 5.73. The molecule has 0 aliphatic heterocycles. The van der Waals surface area contributed by atoms with Gasteiger partial charge in [-0.25, -0.2) is 9.18 Å². The van der Waals surface area contributed by atoms with Crippen LogP contribution in [0.15, 0.2) is 30.6 Å². The second kappa shape index (κ2) is 8.26. The number of benzene rings is 1. The minimum absolute atomic E-state index is 0.00666. The molecular weight excluding hydrogens is 323 g/mol. The van der Waals surface area contributed by atoms with Gasteiger partial charge in [-0.05, 0) is 32.3 Å². The molecule has 1 heterocycles. The van der Waals surface area contributed by atoms with E-state index >= 15 is 0 Å². The van der Waals surface area contributed by atoms with Crippen molar-refractivity contribution in [3.63, 3.8) is 0 Å². The minimum Gasteiger partial charge on any atom is -0.336 e. The van der Waals surface area contributed by atoms with Crippen LogP contribution < -0.4 is 10.6 Å². The Bertz CT molecular complexity index is 780. The quantitative estimate of drug-likeness (QED) is 0.832. The Morgan fingerprint density at radius 1 is 1.44 bits per heavy atom. The molecule has 0 saturated heterocycles. The summed E-state index contributed by atoms with van der Waals surface area (Å²) in [7, 11) is 5.67. The maximum Gasteiger partial charge on any atom is 0.315 e. The van der Waals surface area contributed by atoms with Crippen LogP contribution in [0.3, 0.4) is 0 Å². The molecule has 1 aromatic heterocycles. The van der Waals surface area contributed by atoms with Crippen molar-refractivity contribution in [2.45, 2.75) is 12.6 Å². The van der Waals surface area contributed by atoms with Gasteiger partial charge in [0, 0.05) is 37.5 Å². The molecule has 0 saturated carbocycles. The van der Waals surface area contributed by atoms with Crippen molar-refractivity contribution in [1.82, 2.24) is 25.3 Å². The monoisotopic (exact) mass is 344 g/mol. The zero-order chi connectivity index (χ0) is 18.4. The first-order valence-corrected chi connectivity index (χ1v) is 7.76. The lowest BCUT2D eigenvalue weighted by Gasteiger charge is -2.23. The number of aromatic nitrogens is 2. The average Bonchev–Trinajstić information content (AvgIpc) is 3.00. The van der Waals surface area contributed by atoms with E-state index in [1.165, 1.54) is 18.2 Å². The van der Waals surface area contributed by atoms with Crippen molar-refractivity contribution in [2.24, 2.45) is 7.05 Å². The maximum atomic E-state index is 13.7. The van der Waals surface area contributed by atoms with Crippen LogP contribution >= 0.6 is 0 Å². The highest BCUT2D eigenvalue weighted by Crippen LogP contribution is 2.16. The van der Waals surface area contributed by atoms with Gasteiger partial charge >= 0.3 is 6.03 Å². The molecule has 2 aromatic rings. The van der Waals surface area contributed by atoms with E-state index in [-0.39, 0.29) is 18.2 Å². The van der Waals surface area contributed by atoms with Gasteiger partial charge in [0.2, 0.25) is 0 Å². The first-order valence-electron chi connectivity index (χ1n) is 7.76. The van der Waals surface area contributed by atoms with Crippen LogP contribution in [0.1, 0.15) is 22.7 Å². The van der Waals surface area contributed by atoms with Crippen molar-refractivity contribution in [1.29, 1.82) is 5.26 Å². The van der Waals surface area contributed by atoms with Crippen molar-refractivity contribution in [3.8, 4) is 6.07 Å². The average molecular weight is 344 g/mol. The summed E-state index contributed by atoms with van der Waals surface area (Å²) in [5.74, 6) is -0.458. The van der Waals surface area contributed by atoms with Crippen molar-refractivity contribution >= 4 is 6.03 Å². The minimum atomic E-state index is -0.458. The standard InChI is InChI=1S/C17H21FN6O/c1-23(2)16(14-9-22-24(3)11-14)10-21-17(25)20-8-13-6-12(7-19)4-5-15(13)18/h4-6,9,11,16H,8,10H2,1-3H3,(H2,20,21,25)/t16-/m1/s1. The van der Waals surface area contributed by atoms with E-state index in [2.05, 4.69) is 15.7 Å². The number of amides is 2. The van der Waals surface area contributed by atoms with Gasteiger partial charge in [-0.1, -0.05) is 0 Å². The number of rotatable bonds is 6. The van der Waals surface area contributed by atoms with Crippen LogP contribution in [-0.4, -0.2) is 41.4 Å². The Morgan fingerprint density at radius 2 is 2.20 bits per heavy atom. The lowest BCUT2D eigenvalue weighted by atomic mass is 10.1. The van der Waals surface area contributed by atoms with Crippen molar-refractivity contribution in [3.05, 3.63) is 53.1 Å². The SMILES string of the molecule is CN(C)[C@H](CNC(=O)NCc1cc(C#N)ccc1F)c1cnn(C)c1. The molecule has 132 valence electrons. The lowest BCUT2D eigenvalue weighted by molar-refractivity contribution is 0.232. The van der Waals surface area contributed by atoms with Gasteiger partial charge in [-0.2, -0.15) is 10.4 Å². The third kappa shape index (κ3) is 5.02. The van der Waals surface area contributed by atoms with Gasteiger partial charge in [0.05, 0.1) is 23.9 Å². The molecule has 0 spiro atoms. The predicted octanol–water partition coefficient (Wildman–Crippen LogP) is 1.53. The van der Waals surface area contributed by atoms with Gasteiger partial charge in [0.15, 0.2) is 0 Å². The molecule has 0 bridgehead atoms. The smallest absolute Gasteiger partial charge is 0.315 e.